The first-order chi connectivity index (χ1) is 15.6. The maximum Gasteiger partial charge on any atom is 0.332 e. The third-order valence-electron chi connectivity index (χ3n) is 6.23. The lowest BCUT2D eigenvalue weighted by atomic mass is 9.95. The SMILES string of the molecule is COC(=O)C1(Cc2ccccc2)Sc2cc(OC)ccc2N(CCN2CCCCC2)C1=O. The van der Waals surface area contributed by atoms with Gasteiger partial charge in [-0.25, -0.2) is 4.79 Å². The number of esters is 1. The summed E-state index contributed by atoms with van der Waals surface area (Å²) in [7, 11) is 2.97. The fraction of sp³-hybridized carbons (Fsp3) is 0.440. The minimum atomic E-state index is -1.38. The third-order valence-corrected chi connectivity index (χ3v) is 7.61. The van der Waals surface area contributed by atoms with Crippen LogP contribution in [-0.2, 0) is 20.7 Å². The third kappa shape index (κ3) is 4.50. The summed E-state index contributed by atoms with van der Waals surface area (Å²) in [4.78, 5) is 32.2. The quantitative estimate of drug-likeness (QED) is 0.469. The van der Waals surface area contributed by atoms with Gasteiger partial charge >= 0.3 is 5.97 Å². The van der Waals surface area contributed by atoms with E-state index in [1.807, 2.05) is 48.5 Å². The molecule has 1 atom stereocenters. The molecule has 1 fully saturated rings. The second-order valence-electron chi connectivity index (χ2n) is 8.28. The second-order valence-corrected chi connectivity index (χ2v) is 9.62. The van der Waals surface area contributed by atoms with Gasteiger partial charge in [0, 0.05) is 24.4 Å². The number of fused-ring (bicyclic) bond motifs is 1. The molecule has 0 bridgehead atoms. The molecule has 4 rings (SSSR count). The molecule has 32 heavy (non-hydrogen) atoms. The number of ether oxygens (including phenoxy) is 2. The Morgan fingerprint density at radius 1 is 1.03 bits per heavy atom. The van der Waals surface area contributed by atoms with E-state index in [-0.39, 0.29) is 12.3 Å². The Morgan fingerprint density at radius 2 is 1.78 bits per heavy atom. The number of hydrogen-bond acceptors (Lipinski definition) is 6. The van der Waals surface area contributed by atoms with Gasteiger partial charge in [0.25, 0.3) is 5.91 Å². The molecular formula is C25H30N2O4S. The molecule has 0 aromatic heterocycles. The number of carbonyl (C=O) groups is 2. The first-order valence-electron chi connectivity index (χ1n) is 11.1. The van der Waals surface area contributed by atoms with E-state index in [2.05, 4.69) is 4.90 Å². The van der Waals surface area contributed by atoms with Crippen LogP contribution in [0.5, 0.6) is 5.75 Å². The summed E-state index contributed by atoms with van der Waals surface area (Å²) in [6.45, 7) is 3.42. The van der Waals surface area contributed by atoms with Crippen molar-refractivity contribution in [3.63, 3.8) is 0 Å². The Balaban J connectivity index is 1.72. The molecule has 1 unspecified atom stereocenters. The summed E-state index contributed by atoms with van der Waals surface area (Å²) >= 11 is 1.28. The molecular weight excluding hydrogens is 424 g/mol. The number of benzene rings is 2. The molecule has 1 saturated heterocycles. The Labute approximate surface area is 193 Å². The van der Waals surface area contributed by atoms with Crippen LogP contribution in [0.3, 0.4) is 0 Å². The summed E-state index contributed by atoms with van der Waals surface area (Å²) < 4.78 is 9.25. The van der Waals surface area contributed by atoms with Gasteiger partial charge in [-0.2, -0.15) is 0 Å². The molecule has 0 aliphatic carbocycles. The largest absolute Gasteiger partial charge is 0.497 e. The van der Waals surface area contributed by atoms with Crippen molar-refractivity contribution >= 4 is 29.3 Å². The molecule has 0 saturated carbocycles. The van der Waals surface area contributed by atoms with Crippen LogP contribution in [0.25, 0.3) is 0 Å². The number of piperidine rings is 1. The monoisotopic (exact) mass is 454 g/mol. The summed E-state index contributed by atoms with van der Waals surface area (Å²) in [6.07, 6.45) is 3.91. The van der Waals surface area contributed by atoms with Crippen molar-refractivity contribution in [1.82, 2.24) is 4.90 Å². The van der Waals surface area contributed by atoms with Gasteiger partial charge in [0.05, 0.1) is 19.9 Å². The number of rotatable bonds is 7. The lowest BCUT2D eigenvalue weighted by molar-refractivity contribution is -0.147. The number of methoxy groups -OCH3 is 2. The zero-order chi connectivity index (χ0) is 22.6. The molecule has 7 heteroatoms. The molecule has 2 aromatic carbocycles. The van der Waals surface area contributed by atoms with Crippen LogP contribution >= 0.6 is 11.8 Å². The van der Waals surface area contributed by atoms with Gasteiger partial charge in [0.1, 0.15) is 5.75 Å². The van der Waals surface area contributed by atoms with Crippen molar-refractivity contribution in [3.05, 3.63) is 54.1 Å². The van der Waals surface area contributed by atoms with E-state index in [1.165, 1.54) is 38.1 Å². The number of nitrogens with zero attached hydrogens (tertiary/aromatic N) is 2. The fourth-order valence-corrected chi connectivity index (χ4v) is 5.93. The smallest absolute Gasteiger partial charge is 0.332 e. The van der Waals surface area contributed by atoms with Gasteiger partial charge in [-0.3, -0.25) is 4.79 Å². The number of likely N-dealkylation sites (tertiary alicyclic amines) is 1. The minimum absolute atomic E-state index is 0.215. The van der Waals surface area contributed by atoms with Crippen LogP contribution in [0, 0.1) is 0 Å². The van der Waals surface area contributed by atoms with E-state index in [1.54, 1.807) is 12.0 Å². The van der Waals surface area contributed by atoms with E-state index in [9.17, 15) is 9.59 Å². The molecule has 2 aliphatic rings. The molecule has 0 N–H and O–H groups in total. The molecule has 2 aliphatic heterocycles. The Bertz CT molecular complexity index is 962. The van der Waals surface area contributed by atoms with E-state index in [4.69, 9.17) is 9.47 Å². The van der Waals surface area contributed by atoms with Crippen molar-refractivity contribution in [2.45, 2.75) is 35.3 Å². The van der Waals surface area contributed by atoms with Crippen LogP contribution in [0.1, 0.15) is 24.8 Å². The minimum Gasteiger partial charge on any atom is -0.497 e. The highest BCUT2D eigenvalue weighted by Gasteiger charge is 2.54. The molecule has 1 amide bonds. The van der Waals surface area contributed by atoms with Crippen LogP contribution in [0.2, 0.25) is 0 Å². The molecule has 170 valence electrons. The zero-order valence-corrected chi connectivity index (χ0v) is 19.5. The molecule has 6 nitrogen and oxygen atoms in total. The Hall–Kier alpha value is -2.51. The second kappa shape index (κ2) is 9.96. The highest BCUT2D eigenvalue weighted by molar-refractivity contribution is 8.02. The van der Waals surface area contributed by atoms with Gasteiger partial charge in [0.15, 0.2) is 0 Å². The summed E-state index contributed by atoms with van der Waals surface area (Å²) in [5.41, 5.74) is 1.74. The van der Waals surface area contributed by atoms with E-state index in [0.29, 0.717) is 12.3 Å². The molecule has 2 aromatic rings. The van der Waals surface area contributed by atoms with E-state index in [0.717, 1.165) is 35.8 Å². The van der Waals surface area contributed by atoms with Crippen LogP contribution < -0.4 is 9.64 Å². The average molecular weight is 455 g/mol. The van der Waals surface area contributed by atoms with Crippen molar-refractivity contribution < 1.29 is 19.1 Å². The van der Waals surface area contributed by atoms with Crippen molar-refractivity contribution in [3.8, 4) is 5.75 Å². The van der Waals surface area contributed by atoms with Crippen molar-refractivity contribution in [2.24, 2.45) is 0 Å². The number of hydrogen-bond donors (Lipinski definition) is 0. The maximum atomic E-state index is 14.0. The van der Waals surface area contributed by atoms with Gasteiger partial charge < -0.3 is 19.3 Å². The van der Waals surface area contributed by atoms with Crippen LogP contribution in [-0.4, -0.2) is 61.9 Å². The standard InChI is InChI=1S/C25H30N2O4S/c1-30-20-11-12-21-22(17-20)32-25(24(29)31-2,18-19-9-5-3-6-10-19)23(28)27(21)16-15-26-13-7-4-8-14-26/h3,5-6,9-12,17H,4,7-8,13-16,18H2,1-2H3. The number of thioether (sulfide) groups is 1. The normalized spacial score (nSPS) is 21.2. The number of anilines is 1. The van der Waals surface area contributed by atoms with E-state index < -0.39 is 10.7 Å². The molecule has 0 radical (unpaired) electrons. The summed E-state index contributed by atoms with van der Waals surface area (Å²) in [6, 6.07) is 15.3. The lowest BCUT2D eigenvalue weighted by Gasteiger charge is -2.41. The summed E-state index contributed by atoms with van der Waals surface area (Å²) in [5, 5.41) is 0. The van der Waals surface area contributed by atoms with Crippen molar-refractivity contribution in [1.29, 1.82) is 0 Å². The Kier molecular flexibility index (Phi) is 7.06. The predicted molar refractivity (Wildman–Crippen MR) is 126 cm³/mol. The first-order valence-corrected chi connectivity index (χ1v) is 11.9. The van der Waals surface area contributed by atoms with Crippen LogP contribution in [0.4, 0.5) is 5.69 Å². The van der Waals surface area contributed by atoms with Gasteiger partial charge in [0.2, 0.25) is 4.75 Å². The van der Waals surface area contributed by atoms with Crippen molar-refractivity contribution in [2.75, 3.05) is 45.3 Å². The highest BCUT2D eigenvalue weighted by Crippen LogP contribution is 2.48. The molecule has 2 heterocycles. The molecule has 0 spiro atoms. The maximum absolute atomic E-state index is 14.0. The van der Waals surface area contributed by atoms with Gasteiger partial charge in [-0.05, 0) is 49.7 Å². The van der Waals surface area contributed by atoms with Crippen LogP contribution in [0.15, 0.2) is 53.4 Å². The number of amides is 1. The van der Waals surface area contributed by atoms with Gasteiger partial charge in [-0.15, -0.1) is 0 Å². The fourth-order valence-electron chi connectivity index (χ4n) is 4.49. The van der Waals surface area contributed by atoms with Gasteiger partial charge in [-0.1, -0.05) is 48.5 Å². The lowest BCUT2D eigenvalue weighted by Crippen LogP contribution is -2.57. The highest BCUT2D eigenvalue weighted by atomic mass is 32.2. The average Bonchev–Trinajstić information content (AvgIpc) is 2.84. The first kappa shape index (κ1) is 22.7. The predicted octanol–water partition coefficient (Wildman–Crippen LogP) is 3.77. The summed E-state index contributed by atoms with van der Waals surface area (Å²) in [5.74, 6) is -0.0410. The topological polar surface area (TPSA) is 59.1 Å². The zero-order valence-electron chi connectivity index (χ0n) is 18.7. The number of carbonyl (C=O) groups excluding carboxylic acids is 2. The Morgan fingerprint density at radius 3 is 2.47 bits per heavy atom. The van der Waals surface area contributed by atoms with E-state index >= 15 is 0 Å².